The van der Waals surface area contributed by atoms with Gasteiger partial charge < -0.3 is 9.52 Å². The van der Waals surface area contributed by atoms with Gasteiger partial charge in [-0.25, -0.2) is 0 Å². The quantitative estimate of drug-likeness (QED) is 0.884. The summed E-state index contributed by atoms with van der Waals surface area (Å²) in [6.45, 7) is 1.88. The van der Waals surface area contributed by atoms with Gasteiger partial charge in [-0.3, -0.25) is 0 Å². The first-order chi connectivity index (χ1) is 8.74. The highest BCUT2D eigenvalue weighted by Gasteiger charge is 2.20. The second-order valence-corrected chi connectivity index (χ2v) is 5.19. The highest BCUT2D eigenvalue weighted by molar-refractivity contribution is 5.32. The zero-order valence-electron chi connectivity index (χ0n) is 10.6. The summed E-state index contributed by atoms with van der Waals surface area (Å²) in [4.78, 5) is 0. The van der Waals surface area contributed by atoms with Gasteiger partial charge >= 0.3 is 0 Å². The van der Waals surface area contributed by atoms with Crippen LogP contribution in [0.1, 0.15) is 53.7 Å². The molecule has 1 fully saturated rings. The first-order valence-corrected chi connectivity index (χ1v) is 6.57. The summed E-state index contributed by atoms with van der Waals surface area (Å²) in [7, 11) is 0. The maximum absolute atomic E-state index is 10.2. The summed E-state index contributed by atoms with van der Waals surface area (Å²) in [6.07, 6.45) is 5.01. The Kier molecular flexibility index (Phi) is 2.96. The molecule has 2 heteroatoms. The minimum absolute atomic E-state index is 0.585. The van der Waals surface area contributed by atoms with E-state index in [2.05, 4.69) is 12.1 Å². The molecular weight excluding hydrogens is 224 g/mol. The van der Waals surface area contributed by atoms with E-state index >= 15 is 0 Å². The summed E-state index contributed by atoms with van der Waals surface area (Å²) in [5, 5.41) is 10.2. The third-order valence-electron chi connectivity index (χ3n) is 3.90. The van der Waals surface area contributed by atoms with E-state index in [1.165, 1.54) is 24.8 Å². The van der Waals surface area contributed by atoms with Gasteiger partial charge in [0.2, 0.25) is 0 Å². The Morgan fingerprint density at radius 3 is 2.39 bits per heavy atom. The molecule has 18 heavy (non-hydrogen) atoms. The molecule has 0 spiro atoms. The number of benzene rings is 1. The van der Waals surface area contributed by atoms with Gasteiger partial charge in [-0.15, -0.1) is 0 Å². The van der Waals surface area contributed by atoms with E-state index in [0.29, 0.717) is 0 Å². The summed E-state index contributed by atoms with van der Waals surface area (Å²) in [5.41, 5.74) is 3.16. The van der Waals surface area contributed by atoms with E-state index in [1.807, 2.05) is 25.1 Å². The Morgan fingerprint density at radius 2 is 1.89 bits per heavy atom. The van der Waals surface area contributed by atoms with Gasteiger partial charge in [-0.05, 0) is 42.9 Å². The lowest BCUT2D eigenvalue weighted by molar-refractivity contribution is 0.219. The SMILES string of the molecule is Cc1cc(C(O)c2ccc(C3CCC3)cc2)co1. The van der Waals surface area contributed by atoms with Crippen LogP contribution >= 0.6 is 0 Å². The molecule has 0 amide bonds. The molecule has 3 rings (SSSR count). The Balaban J connectivity index is 1.79. The molecule has 1 aromatic carbocycles. The van der Waals surface area contributed by atoms with E-state index < -0.39 is 6.10 Å². The first kappa shape index (κ1) is 11.5. The van der Waals surface area contributed by atoms with Gasteiger partial charge in [0, 0.05) is 5.56 Å². The molecule has 94 valence electrons. The number of aliphatic hydroxyl groups is 1. The van der Waals surface area contributed by atoms with Crippen molar-refractivity contribution in [2.75, 3.05) is 0 Å². The summed E-state index contributed by atoms with van der Waals surface area (Å²) in [5.74, 6) is 1.57. The van der Waals surface area contributed by atoms with Crippen LogP contribution in [0.2, 0.25) is 0 Å². The molecule has 1 aromatic heterocycles. The van der Waals surface area contributed by atoms with E-state index in [4.69, 9.17) is 4.42 Å². The molecular formula is C16H18O2. The van der Waals surface area contributed by atoms with Crippen molar-refractivity contribution in [2.24, 2.45) is 0 Å². The highest BCUT2D eigenvalue weighted by Crippen LogP contribution is 2.36. The van der Waals surface area contributed by atoms with Gasteiger partial charge in [-0.1, -0.05) is 30.7 Å². The largest absolute Gasteiger partial charge is 0.469 e. The molecule has 1 aliphatic rings. The number of furan rings is 1. The highest BCUT2D eigenvalue weighted by atomic mass is 16.3. The minimum Gasteiger partial charge on any atom is -0.469 e. The van der Waals surface area contributed by atoms with E-state index in [0.717, 1.165) is 22.8 Å². The van der Waals surface area contributed by atoms with Gasteiger partial charge in [0.05, 0.1) is 6.26 Å². The third kappa shape index (κ3) is 2.08. The molecule has 0 bridgehead atoms. The normalized spacial score (nSPS) is 17.4. The Bertz CT molecular complexity index is 520. The Hall–Kier alpha value is -1.54. The molecule has 1 heterocycles. The molecule has 0 radical (unpaired) electrons. The first-order valence-electron chi connectivity index (χ1n) is 6.57. The molecule has 1 unspecified atom stereocenters. The van der Waals surface area contributed by atoms with Crippen molar-refractivity contribution in [1.82, 2.24) is 0 Å². The number of rotatable bonds is 3. The van der Waals surface area contributed by atoms with Crippen molar-refractivity contribution < 1.29 is 9.52 Å². The van der Waals surface area contributed by atoms with Crippen LogP contribution in [0.5, 0.6) is 0 Å². The number of aryl methyl sites for hydroxylation is 1. The van der Waals surface area contributed by atoms with Crippen molar-refractivity contribution in [3.63, 3.8) is 0 Å². The Labute approximate surface area is 107 Å². The number of aliphatic hydroxyl groups excluding tert-OH is 1. The topological polar surface area (TPSA) is 33.4 Å². The van der Waals surface area contributed by atoms with Crippen LogP contribution in [0.25, 0.3) is 0 Å². The lowest BCUT2D eigenvalue weighted by Gasteiger charge is -2.26. The molecule has 0 saturated heterocycles. The number of hydrogen-bond donors (Lipinski definition) is 1. The third-order valence-corrected chi connectivity index (χ3v) is 3.90. The van der Waals surface area contributed by atoms with Crippen LogP contribution in [0.3, 0.4) is 0 Å². The fraction of sp³-hybridized carbons (Fsp3) is 0.375. The van der Waals surface area contributed by atoms with E-state index in [9.17, 15) is 5.11 Å². The summed E-state index contributed by atoms with van der Waals surface area (Å²) in [6, 6.07) is 10.2. The van der Waals surface area contributed by atoms with Crippen LogP contribution < -0.4 is 0 Å². The molecule has 1 N–H and O–H groups in total. The van der Waals surface area contributed by atoms with Gasteiger partial charge in [0.1, 0.15) is 11.9 Å². The van der Waals surface area contributed by atoms with Crippen molar-refractivity contribution in [3.8, 4) is 0 Å². The monoisotopic (exact) mass is 242 g/mol. The second kappa shape index (κ2) is 4.62. The van der Waals surface area contributed by atoms with E-state index in [-0.39, 0.29) is 0 Å². The molecule has 1 aliphatic carbocycles. The number of hydrogen-bond acceptors (Lipinski definition) is 2. The molecule has 1 atom stereocenters. The molecule has 2 aromatic rings. The Morgan fingerprint density at radius 1 is 1.17 bits per heavy atom. The van der Waals surface area contributed by atoms with Crippen molar-refractivity contribution in [1.29, 1.82) is 0 Å². The fourth-order valence-electron chi connectivity index (χ4n) is 2.49. The van der Waals surface area contributed by atoms with Crippen LogP contribution in [0.15, 0.2) is 41.0 Å². The lowest BCUT2D eigenvalue weighted by Crippen LogP contribution is -2.08. The molecule has 0 aliphatic heterocycles. The maximum Gasteiger partial charge on any atom is 0.107 e. The minimum atomic E-state index is -0.585. The zero-order chi connectivity index (χ0) is 12.5. The molecule has 1 saturated carbocycles. The predicted octanol–water partition coefficient (Wildman–Crippen LogP) is 3.94. The van der Waals surface area contributed by atoms with Gasteiger partial charge in [0.15, 0.2) is 0 Å². The molecule has 2 nitrogen and oxygen atoms in total. The lowest BCUT2D eigenvalue weighted by atomic mass is 9.80. The van der Waals surface area contributed by atoms with E-state index in [1.54, 1.807) is 6.26 Å². The van der Waals surface area contributed by atoms with Gasteiger partial charge in [-0.2, -0.15) is 0 Å². The predicted molar refractivity (Wildman–Crippen MR) is 70.5 cm³/mol. The summed E-state index contributed by atoms with van der Waals surface area (Å²) < 4.78 is 5.24. The van der Waals surface area contributed by atoms with Crippen molar-refractivity contribution in [2.45, 2.75) is 38.2 Å². The maximum atomic E-state index is 10.2. The smallest absolute Gasteiger partial charge is 0.107 e. The van der Waals surface area contributed by atoms with Crippen molar-refractivity contribution >= 4 is 0 Å². The second-order valence-electron chi connectivity index (χ2n) is 5.19. The van der Waals surface area contributed by atoms with Crippen LogP contribution in [0, 0.1) is 6.92 Å². The van der Waals surface area contributed by atoms with Crippen LogP contribution in [-0.2, 0) is 0 Å². The average Bonchev–Trinajstić information content (AvgIpc) is 2.74. The van der Waals surface area contributed by atoms with Crippen LogP contribution in [0.4, 0.5) is 0 Å². The summed E-state index contributed by atoms with van der Waals surface area (Å²) >= 11 is 0. The average molecular weight is 242 g/mol. The van der Waals surface area contributed by atoms with Gasteiger partial charge in [0.25, 0.3) is 0 Å². The zero-order valence-corrected chi connectivity index (χ0v) is 10.6. The van der Waals surface area contributed by atoms with Crippen molar-refractivity contribution in [3.05, 3.63) is 59.0 Å². The fourth-order valence-corrected chi connectivity index (χ4v) is 2.49. The van der Waals surface area contributed by atoms with Crippen LogP contribution in [-0.4, -0.2) is 5.11 Å². The standard InChI is InChI=1S/C16H18O2/c1-11-9-15(10-18-11)16(17)14-7-5-13(6-8-14)12-3-2-4-12/h5-10,12,16-17H,2-4H2,1H3.